The van der Waals surface area contributed by atoms with Gasteiger partial charge in [-0.2, -0.15) is 10.2 Å². The Hall–Kier alpha value is -2.78. The van der Waals surface area contributed by atoms with Gasteiger partial charge < -0.3 is 14.4 Å². The maximum Gasteiger partial charge on any atom is 1.00 e. The van der Waals surface area contributed by atoms with Gasteiger partial charge in [0.1, 0.15) is 30.3 Å². The minimum atomic E-state index is -4.71. The molecule has 2 aromatic heterocycles. The quantitative estimate of drug-likeness (QED) is 0.0921. The van der Waals surface area contributed by atoms with Gasteiger partial charge in [0.25, 0.3) is 5.91 Å². The molecule has 6 rings (SSSR count). The summed E-state index contributed by atoms with van der Waals surface area (Å²) in [7, 11) is -9.42. The van der Waals surface area contributed by atoms with Crippen LogP contribution in [0, 0.1) is 13.8 Å². The van der Waals surface area contributed by atoms with Gasteiger partial charge >= 0.3 is 59.1 Å². The maximum absolute atomic E-state index is 13.0. The average molecular weight is 780 g/mol. The van der Waals surface area contributed by atoms with Crippen molar-refractivity contribution in [3.63, 3.8) is 0 Å². The fraction of sp³-hybridized carbons (Fsp3) is 0.125. The summed E-state index contributed by atoms with van der Waals surface area (Å²) in [4.78, 5) is 33.7. The molecule has 0 bridgehead atoms. The molecule has 1 N–H and O–H groups in total. The Balaban J connectivity index is 0.00000292. The van der Waals surface area contributed by atoms with Crippen molar-refractivity contribution in [3.8, 4) is 21.1 Å². The number of carbonyl (C=O) groups is 2. The predicted octanol–water partition coefficient (Wildman–Crippen LogP) is 0.353. The van der Waals surface area contributed by atoms with Crippen LogP contribution in [0.1, 0.15) is 18.1 Å². The number of thiazole rings is 2. The molecular formula is C32H23N5Na2O8S4. The summed E-state index contributed by atoms with van der Waals surface area (Å²) in [6.07, 6.45) is 0. The van der Waals surface area contributed by atoms with E-state index < -0.39 is 38.0 Å². The zero-order valence-electron chi connectivity index (χ0n) is 27.7. The molecule has 0 radical (unpaired) electrons. The Bertz CT molecular complexity index is 2550. The van der Waals surface area contributed by atoms with Crippen molar-refractivity contribution in [2.45, 2.75) is 36.6 Å². The molecule has 19 heteroatoms. The van der Waals surface area contributed by atoms with Gasteiger partial charge in [0.15, 0.2) is 5.78 Å². The van der Waals surface area contributed by atoms with E-state index >= 15 is 0 Å². The number of ketones is 1. The van der Waals surface area contributed by atoms with Gasteiger partial charge in [-0.1, -0.05) is 12.1 Å². The number of carbonyl (C=O) groups excluding carboxylic acids is 2. The molecule has 0 spiro atoms. The molecule has 1 atom stereocenters. The van der Waals surface area contributed by atoms with Crippen LogP contribution in [-0.2, 0) is 29.8 Å². The molecule has 0 aliphatic heterocycles. The average Bonchev–Trinajstić information content (AvgIpc) is 3.65. The fourth-order valence-corrected chi connectivity index (χ4v) is 9.60. The molecule has 4 aromatic carbocycles. The number of azo groups is 1. The number of fused-ring (bicyclic) bond motifs is 2. The first-order chi connectivity index (χ1) is 23.1. The summed E-state index contributed by atoms with van der Waals surface area (Å²) in [5, 5.41) is 11.6. The van der Waals surface area contributed by atoms with E-state index in [1.807, 2.05) is 0 Å². The predicted molar refractivity (Wildman–Crippen MR) is 183 cm³/mol. The standard InChI is InChI=1S/C32H25N5O8S4.2Na/c1-16-4-14-23-26(28(16)48(40,41)42)46-31(34-23)19-6-10-21(11-7-19)33-30(39)25(18(3)38)37-36-22-12-8-20(9-13-22)32-35-24-15-5-17(2)29(27(24)47-32)49(43,44)45;;/h4-15,25H,1-3H3,(H,33,39)(H,40,41,42)(H,43,44,45);;/q;2*+1/p-2. The summed E-state index contributed by atoms with van der Waals surface area (Å²) >= 11 is 2.14. The molecule has 0 saturated carbocycles. The molecule has 0 aliphatic rings. The monoisotopic (exact) mass is 779 g/mol. The van der Waals surface area contributed by atoms with Crippen molar-refractivity contribution in [1.29, 1.82) is 0 Å². The van der Waals surface area contributed by atoms with E-state index in [9.17, 15) is 35.5 Å². The summed E-state index contributed by atoms with van der Waals surface area (Å²) in [5.41, 5.74) is 3.38. The smallest absolute Gasteiger partial charge is 0.744 e. The Morgan fingerprint density at radius 3 is 1.55 bits per heavy atom. The number of aryl methyl sites for hydroxylation is 2. The number of hydrogen-bond donors (Lipinski definition) is 1. The Labute approximate surface area is 344 Å². The van der Waals surface area contributed by atoms with Crippen LogP contribution in [0.3, 0.4) is 0 Å². The number of benzene rings is 4. The van der Waals surface area contributed by atoms with Gasteiger partial charge in [0.2, 0.25) is 6.04 Å². The zero-order chi connectivity index (χ0) is 35.2. The number of nitrogens with one attached hydrogen (secondary N) is 1. The molecule has 51 heavy (non-hydrogen) atoms. The second-order valence-electron chi connectivity index (χ2n) is 10.9. The third-order valence-electron chi connectivity index (χ3n) is 7.35. The Morgan fingerprint density at radius 2 is 1.14 bits per heavy atom. The molecule has 250 valence electrons. The number of anilines is 1. The second kappa shape index (κ2) is 16.1. The molecular weight excluding hydrogens is 757 g/mol. The number of hydrogen-bond acceptors (Lipinski definition) is 14. The summed E-state index contributed by atoms with van der Waals surface area (Å²) < 4.78 is 71.6. The van der Waals surface area contributed by atoms with Gasteiger partial charge in [0, 0.05) is 16.8 Å². The molecule has 2 heterocycles. The summed E-state index contributed by atoms with van der Waals surface area (Å²) in [6.45, 7) is 4.31. The molecule has 1 unspecified atom stereocenters. The van der Waals surface area contributed by atoms with Gasteiger partial charge in [-0.05, 0) is 92.6 Å². The number of amides is 1. The van der Waals surface area contributed by atoms with Gasteiger partial charge in [-0.15, -0.1) is 22.7 Å². The molecule has 0 fully saturated rings. The fourth-order valence-electron chi connectivity index (χ4n) is 5.02. The van der Waals surface area contributed by atoms with Crippen LogP contribution in [0.2, 0.25) is 0 Å². The Kier molecular flexibility index (Phi) is 12.9. The van der Waals surface area contributed by atoms with Crippen molar-refractivity contribution in [1.82, 2.24) is 9.97 Å². The second-order valence-corrected chi connectivity index (χ2v) is 15.5. The first kappa shape index (κ1) is 41.0. The molecule has 1 amide bonds. The number of nitrogens with zero attached hydrogens (tertiary/aromatic N) is 4. The van der Waals surface area contributed by atoms with Crippen LogP contribution in [0.5, 0.6) is 0 Å². The third kappa shape index (κ3) is 8.89. The van der Waals surface area contributed by atoms with E-state index in [1.165, 1.54) is 19.1 Å². The first-order valence-electron chi connectivity index (χ1n) is 14.3. The van der Waals surface area contributed by atoms with Crippen molar-refractivity contribution in [2.75, 3.05) is 5.32 Å². The van der Waals surface area contributed by atoms with E-state index in [0.717, 1.165) is 22.7 Å². The summed E-state index contributed by atoms with van der Waals surface area (Å²) in [5.74, 6) is -1.26. The normalized spacial score (nSPS) is 12.4. The largest absolute Gasteiger partial charge is 1.00 e. The topological polar surface area (TPSA) is 211 Å². The van der Waals surface area contributed by atoms with E-state index in [1.54, 1.807) is 74.5 Å². The van der Waals surface area contributed by atoms with Gasteiger partial charge in [0.05, 0.1) is 35.9 Å². The minimum absolute atomic E-state index is 0. The van der Waals surface area contributed by atoms with Crippen molar-refractivity contribution >= 4 is 86.4 Å². The summed E-state index contributed by atoms with van der Waals surface area (Å²) in [6, 6.07) is 17.9. The minimum Gasteiger partial charge on any atom is -0.744 e. The van der Waals surface area contributed by atoms with Crippen molar-refractivity contribution in [3.05, 3.63) is 83.9 Å². The Morgan fingerprint density at radius 1 is 0.706 bits per heavy atom. The molecule has 13 nitrogen and oxygen atoms in total. The number of Topliss-reactive ketones (excluding diaryl/α,β-unsaturated/α-hetero) is 1. The van der Waals surface area contributed by atoms with Crippen LogP contribution < -0.4 is 64.4 Å². The number of aromatic nitrogens is 2. The van der Waals surface area contributed by atoms with E-state index in [-0.39, 0.29) is 78.3 Å². The van der Waals surface area contributed by atoms with E-state index in [2.05, 4.69) is 25.5 Å². The molecule has 0 aliphatic carbocycles. The van der Waals surface area contributed by atoms with Crippen LogP contribution in [0.4, 0.5) is 11.4 Å². The van der Waals surface area contributed by atoms with Crippen molar-refractivity contribution in [2.24, 2.45) is 10.2 Å². The van der Waals surface area contributed by atoms with Gasteiger partial charge in [-0.3, -0.25) is 9.59 Å². The van der Waals surface area contributed by atoms with Crippen LogP contribution in [0.25, 0.3) is 41.6 Å². The van der Waals surface area contributed by atoms with Crippen LogP contribution >= 0.6 is 22.7 Å². The maximum atomic E-state index is 13.0. The first-order valence-corrected chi connectivity index (χ1v) is 18.7. The van der Waals surface area contributed by atoms with Gasteiger partial charge in [-0.25, -0.2) is 26.8 Å². The van der Waals surface area contributed by atoms with E-state index in [4.69, 9.17) is 0 Å². The SMILES string of the molecule is CC(=O)C(N=Nc1ccc(-c2nc3ccc(C)c(S(=O)(=O)[O-])c3s2)cc1)C(=O)Nc1ccc(-c2nc3ccc(C)c(S(=O)(=O)[O-])c3s2)cc1.[Na+].[Na+]. The third-order valence-corrected chi connectivity index (χ3v) is 11.9. The molecule has 6 aromatic rings. The van der Waals surface area contributed by atoms with Crippen LogP contribution in [0.15, 0.2) is 92.8 Å². The zero-order valence-corrected chi connectivity index (χ0v) is 35.0. The van der Waals surface area contributed by atoms with Crippen molar-refractivity contribution < 1.29 is 94.6 Å². The van der Waals surface area contributed by atoms with Crippen LogP contribution in [-0.4, -0.2) is 53.6 Å². The molecule has 0 saturated heterocycles. The number of rotatable bonds is 9. The van der Waals surface area contributed by atoms with E-state index in [0.29, 0.717) is 54.7 Å².